The summed E-state index contributed by atoms with van der Waals surface area (Å²) in [5, 5.41) is 21.2. The van der Waals surface area contributed by atoms with Crippen molar-refractivity contribution in [2.75, 3.05) is 13.1 Å². The fraction of sp³-hybridized carbons (Fsp3) is 0.750. The van der Waals surface area contributed by atoms with E-state index in [9.17, 15) is 9.59 Å². The Bertz CT molecular complexity index is 221. The van der Waals surface area contributed by atoms with Gasteiger partial charge in [-0.2, -0.15) is 0 Å². The molecule has 0 saturated carbocycles. The molecule has 7 heteroatoms. The third-order valence-electron chi connectivity index (χ3n) is 2.16. The van der Waals surface area contributed by atoms with E-state index in [0.717, 1.165) is 12.8 Å². The van der Waals surface area contributed by atoms with Crippen LogP contribution in [0.5, 0.6) is 0 Å². The van der Waals surface area contributed by atoms with Crippen molar-refractivity contribution in [3.8, 4) is 0 Å². The molecule has 0 aromatic carbocycles. The third kappa shape index (κ3) is 4.50. The van der Waals surface area contributed by atoms with Crippen molar-refractivity contribution in [3.05, 3.63) is 0 Å². The topological polar surface area (TPSA) is 108 Å². The monoisotopic (exact) mass is 218 g/mol. The van der Waals surface area contributed by atoms with E-state index in [-0.39, 0.29) is 25.3 Å². The van der Waals surface area contributed by atoms with Gasteiger partial charge in [0.15, 0.2) is 0 Å². The number of hydrogen-bond donors (Lipinski definition) is 4. The van der Waals surface area contributed by atoms with Gasteiger partial charge in [0, 0.05) is 13.1 Å². The summed E-state index contributed by atoms with van der Waals surface area (Å²) in [6.07, 6.45) is -0.974. The fourth-order valence-electron chi connectivity index (χ4n) is 1.48. The van der Waals surface area contributed by atoms with Crippen molar-refractivity contribution in [3.63, 3.8) is 0 Å². The zero-order chi connectivity index (χ0) is 11.3. The molecule has 1 aliphatic rings. The molecule has 0 bridgehead atoms. The Morgan fingerprint density at radius 2 is 1.47 bits per heavy atom. The number of carbonyl (C=O) groups is 2. The second kappa shape index (κ2) is 5.40. The van der Waals surface area contributed by atoms with Crippen LogP contribution in [0.25, 0.3) is 0 Å². The average Bonchev–Trinajstić information content (AvgIpc) is 2.59. The minimum absolute atomic E-state index is 0.151. The van der Waals surface area contributed by atoms with Crippen molar-refractivity contribution in [1.82, 2.24) is 10.6 Å². The van der Waals surface area contributed by atoms with Gasteiger partial charge in [-0.05, 0) is 12.8 Å². The first-order valence-electron chi connectivity index (χ1n) is 4.67. The van der Waals surface area contributed by atoms with E-state index in [0.29, 0.717) is 0 Å². The molecule has 1 fully saturated rings. The molecular formula is C8H14N2O5. The molecule has 0 spiro atoms. The summed E-state index contributed by atoms with van der Waals surface area (Å²) >= 11 is 0. The van der Waals surface area contributed by atoms with Gasteiger partial charge in [0.05, 0.1) is 12.2 Å². The summed E-state index contributed by atoms with van der Waals surface area (Å²) in [6.45, 7) is 0.498. The van der Waals surface area contributed by atoms with Crippen molar-refractivity contribution in [2.24, 2.45) is 0 Å². The van der Waals surface area contributed by atoms with Gasteiger partial charge in [-0.3, -0.25) is 0 Å². The highest BCUT2D eigenvalue weighted by atomic mass is 16.5. The second-order valence-corrected chi connectivity index (χ2v) is 3.33. The lowest BCUT2D eigenvalue weighted by atomic mass is 10.2. The second-order valence-electron chi connectivity index (χ2n) is 3.33. The standard InChI is InChI=1S/C8H14N2O5/c11-7(12)9-3-5-1-2-6(15-5)4-10-8(13)14/h5-6,9-10H,1-4H2,(H,11,12)(H,13,14)/t5-,6+. The number of nitrogens with one attached hydrogen (secondary N) is 2. The zero-order valence-corrected chi connectivity index (χ0v) is 8.10. The lowest BCUT2D eigenvalue weighted by molar-refractivity contribution is 0.0458. The lowest BCUT2D eigenvalue weighted by Gasteiger charge is -2.13. The van der Waals surface area contributed by atoms with E-state index < -0.39 is 12.2 Å². The van der Waals surface area contributed by atoms with Crippen LogP contribution in [0.3, 0.4) is 0 Å². The summed E-state index contributed by atoms with van der Waals surface area (Å²) < 4.78 is 5.41. The Morgan fingerprint density at radius 1 is 1.07 bits per heavy atom. The van der Waals surface area contributed by atoms with E-state index in [1.54, 1.807) is 0 Å². The summed E-state index contributed by atoms with van der Waals surface area (Å²) in [5.74, 6) is 0. The predicted molar refractivity (Wildman–Crippen MR) is 50.0 cm³/mol. The molecule has 1 aliphatic heterocycles. The first-order chi connectivity index (χ1) is 7.08. The van der Waals surface area contributed by atoms with Crippen LogP contribution in [-0.4, -0.2) is 47.7 Å². The van der Waals surface area contributed by atoms with Crippen LogP contribution in [0.1, 0.15) is 12.8 Å². The smallest absolute Gasteiger partial charge is 0.404 e. The highest BCUT2D eigenvalue weighted by Gasteiger charge is 2.25. The molecule has 0 aromatic rings. The molecule has 15 heavy (non-hydrogen) atoms. The molecule has 0 aliphatic carbocycles. The van der Waals surface area contributed by atoms with E-state index in [2.05, 4.69) is 10.6 Å². The predicted octanol–water partition coefficient (Wildman–Crippen LogP) is 0.0692. The quantitative estimate of drug-likeness (QED) is 0.534. The molecule has 2 amide bonds. The molecule has 0 unspecified atom stereocenters. The first-order valence-corrected chi connectivity index (χ1v) is 4.67. The Kier molecular flexibility index (Phi) is 4.17. The molecule has 4 N–H and O–H groups in total. The number of carboxylic acid groups (broad SMARTS) is 2. The minimum atomic E-state index is -1.08. The highest BCUT2D eigenvalue weighted by Crippen LogP contribution is 2.18. The van der Waals surface area contributed by atoms with Gasteiger partial charge in [-0.25, -0.2) is 9.59 Å². The van der Waals surface area contributed by atoms with Gasteiger partial charge in [-0.1, -0.05) is 0 Å². The van der Waals surface area contributed by atoms with E-state index >= 15 is 0 Å². The maximum Gasteiger partial charge on any atom is 0.404 e. The molecule has 1 rings (SSSR count). The number of rotatable bonds is 4. The maximum absolute atomic E-state index is 10.2. The zero-order valence-electron chi connectivity index (χ0n) is 8.10. The largest absolute Gasteiger partial charge is 0.465 e. The molecule has 2 atom stereocenters. The minimum Gasteiger partial charge on any atom is -0.465 e. The Hall–Kier alpha value is -1.50. The molecule has 1 heterocycles. The van der Waals surface area contributed by atoms with Crippen molar-refractivity contribution in [2.45, 2.75) is 25.0 Å². The van der Waals surface area contributed by atoms with Crippen molar-refractivity contribution < 1.29 is 24.5 Å². The van der Waals surface area contributed by atoms with Crippen LogP contribution < -0.4 is 10.6 Å². The van der Waals surface area contributed by atoms with Gasteiger partial charge in [0.25, 0.3) is 0 Å². The average molecular weight is 218 g/mol. The van der Waals surface area contributed by atoms with E-state index in [4.69, 9.17) is 14.9 Å². The van der Waals surface area contributed by atoms with Gasteiger partial charge in [0.2, 0.25) is 0 Å². The summed E-state index contributed by atoms with van der Waals surface area (Å²) in [4.78, 5) is 20.4. The van der Waals surface area contributed by atoms with Crippen LogP contribution in [0, 0.1) is 0 Å². The number of amides is 2. The summed E-state index contributed by atoms with van der Waals surface area (Å²) in [5.41, 5.74) is 0. The van der Waals surface area contributed by atoms with Gasteiger partial charge < -0.3 is 25.6 Å². The van der Waals surface area contributed by atoms with Crippen LogP contribution in [-0.2, 0) is 4.74 Å². The van der Waals surface area contributed by atoms with Crippen LogP contribution in [0.4, 0.5) is 9.59 Å². The summed E-state index contributed by atoms with van der Waals surface area (Å²) in [7, 11) is 0. The van der Waals surface area contributed by atoms with E-state index in [1.807, 2.05) is 0 Å². The SMILES string of the molecule is O=C(O)NC[C@H]1CC[C@@H](CNC(=O)O)O1. The van der Waals surface area contributed by atoms with Gasteiger partial charge in [0.1, 0.15) is 0 Å². The summed E-state index contributed by atoms with van der Waals surface area (Å²) in [6, 6.07) is 0. The number of ether oxygens (including phenoxy) is 1. The lowest BCUT2D eigenvalue weighted by Crippen LogP contribution is -2.34. The normalized spacial score (nSPS) is 24.8. The molecule has 0 aromatic heterocycles. The van der Waals surface area contributed by atoms with Crippen LogP contribution >= 0.6 is 0 Å². The molecular weight excluding hydrogens is 204 g/mol. The molecule has 86 valence electrons. The Labute approximate surface area is 86.4 Å². The van der Waals surface area contributed by atoms with Gasteiger partial charge in [-0.15, -0.1) is 0 Å². The third-order valence-corrected chi connectivity index (χ3v) is 2.16. The molecule has 0 radical (unpaired) electrons. The van der Waals surface area contributed by atoms with Crippen LogP contribution in [0.15, 0.2) is 0 Å². The first kappa shape index (κ1) is 11.6. The Balaban J connectivity index is 2.15. The van der Waals surface area contributed by atoms with Gasteiger partial charge >= 0.3 is 12.2 Å². The highest BCUT2D eigenvalue weighted by molar-refractivity contribution is 5.64. The Morgan fingerprint density at radius 3 is 1.80 bits per heavy atom. The molecule has 1 saturated heterocycles. The van der Waals surface area contributed by atoms with Crippen molar-refractivity contribution >= 4 is 12.2 Å². The maximum atomic E-state index is 10.2. The fourth-order valence-corrected chi connectivity index (χ4v) is 1.48. The number of hydrogen-bond acceptors (Lipinski definition) is 3. The van der Waals surface area contributed by atoms with E-state index in [1.165, 1.54) is 0 Å². The molecule has 7 nitrogen and oxygen atoms in total. The van der Waals surface area contributed by atoms with Crippen LogP contribution in [0.2, 0.25) is 0 Å². The van der Waals surface area contributed by atoms with Crippen molar-refractivity contribution in [1.29, 1.82) is 0 Å².